The highest BCUT2D eigenvalue weighted by Gasteiger charge is 2.42. The molecular weight excluding hydrogens is 242 g/mol. The largest absolute Gasteiger partial charge is 0.375 e. The third kappa shape index (κ3) is 4.15. The van der Waals surface area contributed by atoms with E-state index in [-0.39, 0.29) is 5.60 Å². The second-order valence-electron chi connectivity index (χ2n) is 5.97. The predicted molar refractivity (Wildman–Crippen MR) is 72.8 cm³/mol. The normalized spacial score (nSPS) is 28.1. The number of nitrogens with zero attached hydrogens (tertiary/aromatic N) is 3. The van der Waals surface area contributed by atoms with Crippen molar-refractivity contribution in [3.63, 3.8) is 0 Å². The summed E-state index contributed by atoms with van der Waals surface area (Å²) in [5.74, 6) is 0.334. The van der Waals surface area contributed by atoms with Crippen molar-refractivity contribution in [3.8, 4) is 6.07 Å². The van der Waals surface area contributed by atoms with Gasteiger partial charge in [-0.1, -0.05) is 0 Å². The smallest absolute Gasteiger partial charge is 0.127 e. The van der Waals surface area contributed by atoms with Crippen LogP contribution in [-0.4, -0.2) is 75.5 Å². The van der Waals surface area contributed by atoms with E-state index in [1.165, 1.54) is 0 Å². The van der Waals surface area contributed by atoms with Crippen molar-refractivity contribution in [1.82, 2.24) is 9.80 Å². The fourth-order valence-electron chi connectivity index (χ4n) is 2.68. The molecule has 0 radical (unpaired) electrons. The second-order valence-corrected chi connectivity index (χ2v) is 5.97. The van der Waals surface area contributed by atoms with Gasteiger partial charge in [0.25, 0.3) is 0 Å². The molecule has 19 heavy (non-hydrogen) atoms. The summed E-state index contributed by atoms with van der Waals surface area (Å²) in [6, 6.07) is 2.30. The van der Waals surface area contributed by atoms with Crippen LogP contribution in [0.5, 0.6) is 0 Å². The van der Waals surface area contributed by atoms with Crippen molar-refractivity contribution in [3.05, 3.63) is 0 Å². The van der Waals surface area contributed by atoms with Gasteiger partial charge in [-0.3, -0.25) is 0 Å². The summed E-state index contributed by atoms with van der Waals surface area (Å²) in [6.07, 6.45) is 2.12. The minimum Gasteiger partial charge on any atom is -0.375 e. The number of likely N-dealkylation sites (N-methyl/N-ethyl adjacent to an activating group) is 1. The first-order valence-electron chi connectivity index (χ1n) is 7.12. The van der Waals surface area contributed by atoms with Crippen LogP contribution in [-0.2, 0) is 9.47 Å². The lowest BCUT2D eigenvalue weighted by Crippen LogP contribution is -2.62. The van der Waals surface area contributed by atoms with Gasteiger partial charge in [0.1, 0.15) is 5.60 Å². The Kier molecular flexibility index (Phi) is 5.17. The van der Waals surface area contributed by atoms with Gasteiger partial charge in [-0.05, 0) is 40.0 Å². The summed E-state index contributed by atoms with van der Waals surface area (Å²) in [6.45, 7) is 6.72. The molecule has 0 atom stereocenters. The highest BCUT2D eigenvalue weighted by Crippen LogP contribution is 2.25. The zero-order valence-electron chi connectivity index (χ0n) is 12.1. The number of hydrogen-bond donors (Lipinski definition) is 0. The van der Waals surface area contributed by atoms with E-state index in [9.17, 15) is 0 Å². The molecule has 3 heterocycles. The first-order valence-corrected chi connectivity index (χ1v) is 7.12. The summed E-state index contributed by atoms with van der Waals surface area (Å²) in [5.41, 5.74) is 0.0764. The lowest BCUT2D eigenvalue weighted by Gasteiger charge is -2.46. The first-order chi connectivity index (χ1) is 9.13. The zero-order valence-corrected chi connectivity index (χ0v) is 12.1. The average Bonchev–Trinajstić information content (AvgIpc) is 2.39. The lowest BCUT2D eigenvalue weighted by atomic mass is 9.99. The molecule has 0 amide bonds. The highest BCUT2D eigenvalue weighted by atomic mass is 16.6. The van der Waals surface area contributed by atoms with Crippen molar-refractivity contribution in [1.29, 1.82) is 5.26 Å². The van der Waals surface area contributed by atoms with Gasteiger partial charge in [0.15, 0.2) is 0 Å². The Labute approximate surface area is 116 Å². The topological polar surface area (TPSA) is 48.7 Å². The molecule has 0 unspecified atom stereocenters. The van der Waals surface area contributed by atoms with E-state index in [2.05, 4.69) is 30.0 Å². The standard InChI is InChI=1S/C7H12N2.C7H13NO2/c1-9-4-2-7(6-8)3-5-9;1-8-2-3-10-7(4-8)5-9-6-7/h7H,2-5H2,1H3;2-6H2,1H3. The Bertz CT molecular complexity index is 317. The highest BCUT2D eigenvalue weighted by molar-refractivity contribution is 4.92. The van der Waals surface area contributed by atoms with Crippen molar-refractivity contribution in [2.24, 2.45) is 5.92 Å². The maximum Gasteiger partial charge on any atom is 0.127 e. The Morgan fingerprint density at radius 2 is 1.79 bits per heavy atom. The first kappa shape index (κ1) is 14.7. The van der Waals surface area contributed by atoms with Gasteiger partial charge in [-0.2, -0.15) is 5.26 Å². The van der Waals surface area contributed by atoms with Crippen LogP contribution in [0, 0.1) is 17.2 Å². The molecule has 0 aromatic rings. The maximum absolute atomic E-state index is 8.51. The van der Waals surface area contributed by atoms with E-state index in [4.69, 9.17) is 14.7 Å². The molecular formula is C14H25N3O2. The molecule has 0 aliphatic carbocycles. The van der Waals surface area contributed by atoms with E-state index in [0.29, 0.717) is 5.92 Å². The third-order valence-corrected chi connectivity index (χ3v) is 4.07. The van der Waals surface area contributed by atoms with Gasteiger partial charge >= 0.3 is 0 Å². The van der Waals surface area contributed by atoms with Gasteiger partial charge in [0.2, 0.25) is 0 Å². The van der Waals surface area contributed by atoms with Crippen LogP contribution in [0.25, 0.3) is 0 Å². The number of rotatable bonds is 0. The second kappa shape index (κ2) is 6.67. The Hall–Kier alpha value is -0.670. The summed E-state index contributed by atoms with van der Waals surface area (Å²) < 4.78 is 10.7. The zero-order chi connectivity index (χ0) is 13.7. The molecule has 0 aromatic heterocycles. The molecule has 5 heteroatoms. The Balaban J connectivity index is 0.000000141. The average molecular weight is 267 g/mol. The monoisotopic (exact) mass is 267 g/mol. The number of piperidine rings is 1. The molecule has 0 N–H and O–H groups in total. The van der Waals surface area contributed by atoms with Gasteiger partial charge in [-0.25, -0.2) is 0 Å². The molecule has 3 fully saturated rings. The van der Waals surface area contributed by atoms with E-state index < -0.39 is 0 Å². The van der Waals surface area contributed by atoms with Gasteiger partial charge in [0, 0.05) is 19.0 Å². The summed E-state index contributed by atoms with van der Waals surface area (Å²) in [4.78, 5) is 4.57. The molecule has 0 aromatic carbocycles. The van der Waals surface area contributed by atoms with Crippen molar-refractivity contribution in [2.45, 2.75) is 18.4 Å². The number of nitriles is 1. The summed E-state index contributed by atoms with van der Waals surface area (Å²) in [5, 5.41) is 8.51. The van der Waals surface area contributed by atoms with Crippen LogP contribution >= 0.6 is 0 Å². The molecule has 0 bridgehead atoms. The number of hydrogen-bond acceptors (Lipinski definition) is 5. The summed E-state index contributed by atoms with van der Waals surface area (Å²) in [7, 11) is 4.23. The number of ether oxygens (including phenoxy) is 2. The molecule has 1 spiro atoms. The number of morpholine rings is 1. The predicted octanol–water partition coefficient (Wildman–Crippen LogP) is 0.569. The van der Waals surface area contributed by atoms with E-state index in [1.54, 1.807) is 0 Å². The van der Waals surface area contributed by atoms with Crippen LogP contribution in [0.4, 0.5) is 0 Å². The molecule has 3 rings (SSSR count). The fourth-order valence-corrected chi connectivity index (χ4v) is 2.68. The molecule has 5 nitrogen and oxygen atoms in total. The van der Waals surface area contributed by atoms with Crippen LogP contribution in [0.3, 0.4) is 0 Å². The van der Waals surface area contributed by atoms with Gasteiger partial charge in [-0.15, -0.1) is 0 Å². The van der Waals surface area contributed by atoms with E-state index in [1.807, 2.05) is 0 Å². The molecule has 0 saturated carbocycles. The molecule has 3 aliphatic rings. The van der Waals surface area contributed by atoms with Crippen LogP contribution in [0.15, 0.2) is 0 Å². The Morgan fingerprint density at radius 3 is 2.21 bits per heavy atom. The maximum atomic E-state index is 8.51. The van der Waals surface area contributed by atoms with Gasteiger partial charge in [0.05, 0.1) is 25.9 Å². The van der Waals surface area contributed by atoms with E-state index >= 15 is 0 Å². The molecule has 108 valence electrons. The van der Waals surface area contributed by atoms with Gasteiger partial charge < -0.3 is 19.3 Å². The van der Waals surface area contributed by atoms with Crippen LogP contribution < -0.4 is 0 Å². The Morgan fingerprint density at radius 1 is 1.11 bits per heavy atom. The number of likely N-dealkylation sites (tertiary alicyclic amines) is 1. The quantitative estimate of drug-likeness (QED) is 0.642. The van der Waals surface area contributed by atoms with Crippen LogP contribution in [0.2, 0.25) is 0 Å². The molecule has 3 aliphatic heterocycles. The summed E-state index contributed by atoms with van der Waals surface area (Å²) >= 11 is 0. The lowest BCUT2D eigenvalue weighted by molar-refractivity contribution is -0.235. The van der Waals surface area contributed by atoms with Crippen molar-refractivity contribution >= 4 is 0 Å². The van der Waals surface area contributed by atoms with Crippen molar-refractivity contribution < 1.29 is 9.47 Å². The fraction of sp³-hybridized carbons (Fsp3) is 0.929. The van der Waals surface area contributed by atoms with E-state index in [0.717, 1.165) is 58.8 Å². The molecule has 3 saturated heterocycles. The minimum atomic E-state index is 0.0764. The SMILES string of the molecule is CN1CCC(C#N)CC1.CN1CCOC2(COC2)C1. The third-order valence-electron chi connectivity index (χ3n) is 4.07. The minimum absolute atomic E-state index is 0.0764. The van der Waals surface area contributed by atoms with Crippen LogP contribution in [0.1, 0.15) is 12.8 Å². The van der Waals surface area contributed by atoms with Crippen molar-refractivity contribution in [2.75, 3.05) is 60.1 Å².